The van der Waals surface area contributed by atoms with Crippen LogP contribution < -0.4 is 21.3 Å². The van der Waals surface area contributed by atoms with E-state index in [0.29, 0.717) is 12.1 Å². The first kappa shape index (κ1) is 25.3. The number of hydrogen-bond donors (Lipinski definition) is 7. The van der Waals surface area contributed by atoms with E-state index in [0.717, 1.165) is 13.0 Å². The van der Waals surface area contributed by atoms with E-state index in [1.54, 1.807) is 13.8 Å². The average Bonchev–Trinajstić information content (AvgIpc) is 3.42. The lowest BCUT2D eigenvalue weighted by Gasteiger charge is -2.28. The van der Waals surface area contributed by atoms with E-state index in [-0.39, 0.29) is 24.3 Å². The van der Waals surface area contributed by atoms with Crippen LogP contribution in [0.5, 0.6) is 0 Å². The molecule has 1 aromatic heterocycles. The van der Waals surface area contributed by atoms with Crippen molar-refractivity contribution in [3.8, 4) is 0 Å². The lowest BCUT2D eigenvalue weighted by atomic mass is 10.0. The minimum absolute atomic E-state index is 0.0549. The molecule has 178 valence electrons. The van der Waals surface area contributed by atoms with Crippen LogP contribution in [0.15, 0.2) is 12.5 Å². The molecule has 12 heteroatoms. The fourth-order valence-electron chi connectivity index (χ4n) is 3.42. The number of aromatic amines is 1. The normalized spacial score (nSPS) is 19.6. The molecule has 5 atom stereocenters. The number of H-pyrrole nitrogens is 1. The summed E-state index contributed by atoms with van der Waals surface area (Å²) in [5, 5.41) is 30.1. The molecule has 3 amide bonds. The predicted molar refractivity (Wildman–Crippen MR) is 113 cm³/mol. The van der Waals surface area contributed by atoms with Gasteiger partial charge in [0, 0.05) is 18.3 Å². The van der Waals surface area contributed by atoms with Gasteiger partial charge in [-0.1, -0.05) is 13.8 Å². The summed E-state index contributed by atoms with van der Waals surface area (Å²) in [6.07, 6.45) is 3.00. The molecule has 0 aliphatic carbocycles. The minimum Gasteiger partial charge on any atom is -0.480 e. The number of carboxylic acids is 1. The van der Waals surface area contributed by atoms with Crippen molar-refractivity contribution in [1.82, 2.24) is 31.2 Å². The molecule has 0 radical (unpaired) electrons. The molecule has 0 spiro atoms. The van der Waals surface area contributed by atoms with E-state index >= 15 is 0 Å². The van der Waals surface area contributed by atoms with Crippen molar-refractivity contribution in [1.29, 1.82) is 0 Å². The molecule has 1 aliphatic heterocycles. The summed E-state index contributed by atoms with van der Waals surface area (Å²) in [6.45, 7) is 5.52. The van der Waals surface area contributed by atoms with E-state index in [1.165, 1.54) is 19.4 Å². The van der Waals surface area contributed by atoms with Crippen molar-refractivity contribution >= 4 is 23.7 Å². The van der Waals surface area contributed by atoms with Crippen molar-refractivity contribution in [2.45, 2.75) is 70.3 Å². The first-order chi connectivity index (χ1) is 15.1. The van der Waals surface area contributed by atoms with Gasteiger partial charge in [0.2, 0.25) is 17.7 Å². The second kappa shape index (κ2) is 11.6. The Morgan fingerprint density at radius 3 is 2.31 bits per heavy atom. The van der Waals surface area contributed by atoms with E-state index in [2.05, 4.69) is 31.2 Å². The molecule has 7 N–H and O–H groups in total. The quantitative estimate of drug-likeness (QED) is 0.207. The third-order valence-corrected chi connectivity index (χ3v) is 5.28. The fraction of sp³-hybridized carbons (Fsp3) is 0.650. The van der Waals surface area contributed by atoms with E-state index in [1.807, 2.05) is 0 Å². The summed E-state index contributed by atoms with van der Waals surface area (Å²) in [7, 11) is 0. The van der Waals surface area contributed by atoms with Gasteiger partial charge in [-0.05, 0) is 32.2 Å². The van der Waals surface area contributed by atoms with Gasteiger partial charge < -0.3 is 36.5 Å². The highest BCUT2D eigenvalue weighted by molar-refractivity contribution is 5.94. The Kier molecular flexibility index (Phi) is 9.14. The van der Waals surface area contributed by atoms with Crippen LogP contribution in [0.25, 0.3) is 0 Å². The maximum Gasteiger partial charge on any atom is 0.326 e. The summed E-state index contributed by atoms with van der Waals surface area (Å²) >= 11 is 0. The van der Waals surface area contributed by atoms with Gasteiger partial charge in [-0.3, -0.25) is 14.4 Å². The van der Waals surface area contributed by atoms with Crippen LogP contribution in [0.2, 0.25) is 0 Å². The van der Waals surface area contributed by atoms with Crippen molar-refractivity contribution in [2.24, 2.45) is 5.92 Å². The van der Waals surface area contributed by atoms with Crippen LogP contribution in [0.4, 0.5) is 0 Å². The molecule has 32 heavy (non-hydrogen) atoms. The number of carbonyl (C=O) groups is 4. The summed E-state index contributed by atoms with van der Waals surface area (Å²) in [6, 6.07) is -4.01. The predicted octanol–water partition coefficient (Wildman–Crippen LogP) is -1.72. The topological polar surface area (TPSA) is 186 Å². The molecule has 1 aromatic rings. The van der Waals surface area contributed by atoms with Crippen molar-refractivity contribution in [3.05, 3.63) is 18.2 Å². The van der Waals surface area contributed by atoms with Crippen molar-refractivity contribution in [2.75, 3.05) is 6.54 Å². The molecular weight excluding hydrogens is 420 g/mol. The Hall–Kier alpha value is -2.99. The molecule has 1 saturated heterocycles. The van der Waals surface area contributed by atoms with Crippen LogP contribution in [-0.2, 0) is 25.6 Å². The molecule has 0 bridgehead atoms. The van der Waals surface area contributed by atoms with Crippen LogP contribution in [0.1, 0.15) is 39.3 Å². The van der Waals surface area contributed by atoms with Crippen LogP contribution in [-0.4, -0.2) is 80.7 Å². The fourth-order valence-corrected chi connectivity index (χ4v) is 3.42. The number of aliphatic hydroxyl groups is 1. The Morgan fingerprint density at radius 1 is 1.12 bits per heavy atom. The van der Waals surface area contributed by atoms with Gasteiger partial charge in [-0.25, -0.2) is 9.78 Å². The number of carbonyl (C=O) groups excluding carboxylic acids is 3. The number of hydrogen-bond acceptors (Lipinski definition) is 7. The molecule has 0 saturated carbocycles. The van der Waals surface area contributed by atoms with Gasteiger partial charge in [-0.15, -0.1) is 0 Å². The average molecular weight is 453 g/mol. The minimum atomic E-state index is -1.41. The Morgan fingerprint density at radius 2 is 1.81 bits per heavy atom. The third-order valence-electron chi connectivity index (χ3n) is 5.28. The number of imidazole rings is 1. The summed E-state index contributed by atoms with van der Waals surface area (Å²) in [5.41, 5.74) is 0.499. The van der Waals surface area contributed by atoms with E-state index in [9.17, 15) is 29.4 Å². The highest BCUT2D eigenvalue weighted by atomic mass is 16.4. The summed E-state index contributed by atoms with van der Waals surface area (Å²) in [5.74, 6) is -3.37. The maximum atomic E-state index is 12.9. The van der Waals surface area contributed by atoms with Crippen molar-refractivity contribution < 1.29 is 29.4 Å². The molecule has 2 heterocycles. The number of nitrogens with zero attached hydrogens (tertiary/aromatic N) is 1. The number of aliphatic hydroxyl groups excluding tert-OH is 1. The second-order valence-electron chi connectivity index (χ2n) is 8.29. The van der Waals surface area contributed by atoms with Gasteiger partial charge in [0.05, 0.1) is 18.5 Å². The monoisotopic (exact) mass is 452 g/mol. The van der Waals surface area contributed by atoms with Crippen LogP contribution >= 0.6 is 0 Å². The Bertz CT molecular complexity index is 791. The van der Waals surface area contributed by atoms with Crippen LogP contribution in [0, 0.1) is 5.92 Å². The first-order valence-electron chi connectivity index (χ1n) is 10.6. The summed E-state index contributed by atoms with van der Waals surface area (Å²) in [4.78, 5) is 56.1. The maximum absolute atomic E-state index is 12.9. The molecule has 5 unspecified atom stereocenters. The van der Waals surface area contributed by atoms with Gasteiger partial charge in [-0.2, -0.15) is 0 Å². The zero-order valence-corrected chi connectivity index (χ0v) is 18.4. The number of nitrogens with one attached hydrogen (secondary N) is 5. The second-order valence-corrected chi connectivity index (χ2v) is 8.29. The Labute approximate surface area is 185 Å². The zero-order valence-electron chi connectivity index (χ0n) is 18.4. The number of aromatic nitrogens is 2. The largest absolute Gasteiger partial charge is 0.480 e. The molecule has 1 aliphatic rings. The van der Waals surface area contributed by atoms with Gasteiger partial charge in [0.25, 0.3) is 0 Å². The number of aliphatic carboxylic acids is 1. The van der Waals surface area contributed by atoms with Gasteiger partial charge in [0.1, 0.15) is 18.1 Å². The SMILES string of the molecule is CC(C)C(NC(=O)C1CCCN1)C(=O)NC(C(=O)NC(Cc1cnc[nH]1)C(=O)O)C(C)O. The number of carboxylic acid groups (broad SMARTS) is 1. The van der Waals surface area contributed by atoms with Gasteiger partial charge in [0.15, 0.2) is 0 Å². The van der Waals surface area contributed by atoms with E-state index in [4.69, 9.17) is 0 Å². The molecule has 0 aromatic carbocycles. The zero-order chi connectivity index (χ0) is 23.8. The first-order valence-corrected chi connectivity index (χ1v) is 10.6. The van der Waals surface area contributed by atoms with Gasteiger partial charge >= 0.3 is 5.97 Å². The molecule has 12 nitrogen and oxygen atoms in total. The van der Waals surface area contributed by atoms with Crippen molar-refractivity contribution in [3.63, 3.8) is 0 Å². The highest BCUT2D eigenvalue weighted by Gasteiger charge is 2.34. The lowest BCUT2D eigenvalue weighted by molar-refractivity contribution is -0.143. The number of amides is 3. The lowest BCUT2D eigenvalue weighted by Crippen LogP contribution is -2.60. The molecular formula is C20H32N6O6. The third kappa shape index (κ3) is 7.02. The standard InChI is InChI=1S/C20H32N6O6/c1-10(2)15(25-17(28)13-5-4-6-22-13)18(29)26-16(11(3)27)19(30)24-14(20(31)32)7-12-8-21-9-23-12/h8-11,13-16,22,27H,4-7H2,1-3H3,(H,21,23)(H,24,30)(H,25,28)(H,26,29)(H,31,32). The Balaban J connectivity index is 2.05. The highest BCUT2D eigenvalue weighted by Crippen LogP contribution is 2.09. The summed E-state index contributed by atoms with van der Waals surface area (Å²) < 4.78 is 0. The van der Waals surface area contributed by atoms with E-state index < -0.39 is 42.0 Å². The molecule has 1 fully saturated rings. The number of rotatable bonds is 11. The smallest absolute Gasteiger partial charge is 0.326 e. The molecule has 2 rings (SSSR count). The van der Waals surface area contributed by atoms with Crippen LogP contribution in [0.3, 0.4) is 0 Å².